The van der Waals surface area contributed by atoms with E-state index in [0.717, 1.165) is 83.5 Å². The lowest BCUT2D eigenvalue weighted by Gasteiger charge is -2.25. The molecule has 3 atom stereocenters. The highest BCUT2D eigenvalue weighted by Crippen LogP contribution is 2.43. The second kappa shape index (κ2) is 75.4. The smallest absolute Gasteiger partial charge is 0.387 e. The number of amides is 1. The summed E-state index contributed by atoms with van der Waals surface area (Å²) in [4.78, 5) is 23.5. The highest BCUT2D eigenvalue weighted by atomic mass is 31.2. The van der Waals surface area contributed by atoms with Crippen LogP contribution in [0, 0.1) is 0 Å². The predicted octanol–water partition coefficient (Wildman–Crippen LogP) is 27.0. The molecule has 0 fully saturated rings. The summed E-state index contributed by atoms with van der Waals surface area (Å²) in [7, 11) is 1.56. The molecule has 0 aliphatic rings. The zero-order chi connectivity index (χ0) is 69.0. The molecule has 0 aromatic heterocycles. The minimum Gasteiger partial charge on any atom is -0.387 e. The molecule has 8 nitrogen and oxygen atoms in total. The topological polar surface area (TPSA) is 105 Å². The van der Waals surface area contributed by atoms with Gasteiger partial charge in [-0.2, -0.15) is 0 Å². The van der Waals surface area contributed by atoms with E-state index in [1.54, 1.807) is 6.08 Å². The first-order valence-electron chi connectivity index (χ1n) is 40.8. The normalized spacial score (nSPS) is 14.1. The molecule has 9 heteroatoms. The summed E-state index contributed by atoms with van der Waals surface area (Å²) < 4.78 is 23.9. The van der Waals surface area contributed by atoms with Crippen molar-refractivity contribution in [2.24, 2.45) is 0 Å². The second-order valence-corrected chi connectivity index (χ2v) is 30.2. The lowest BCUT2D eigenvalue weighted by atomic mass is 10.0. The molecular weight excluding hydrogens is 1190 g/mol. The SMILES string of the molecule is CC/C=C\C/C=C\C/C=C\C/C=C\C/C=C\C/C=C\C/C=C\CCCCCCCCCCCCCCCCCCCCCC(=O)NC(COP(=O)(O)OCC[N+](C)(C)C)C(O)/C=C/CC/C=C/CCCCCCCCCCCCCCCCCCCCCCCCCCCC. The Morgan fingerprint density at radius 2 is 0.642 bits per heavy atom. The lowest BCUT2D eigenvalue weighted by Crippen LogP contribution is -2.45. The summed E-state index contributed by atoms with van der Waals surface area (Å²) in [5.41, 5.74) is 0. The third-order valence-corrected chi connectivity index (χ3v) is 19.2. The number of phosphoric ester groups is 1. The van der Waals surface area contributed by atoms with Crippen LogP contribution in [0.15, 0.2) is 109 Å². The number of phosphoric acid groups is 1. The average Bonchev–Trinajstić information content (AvgIpc) is 2.01. The first kappa shape index (κ1) is 92.2. The van der Waals surface area contributed by atoms with Gasteiger partial charge in [-0.25, -0.2) is 4.57 Å². The average molecular weight is 1350 g/mol. The third kappa shape index (κ3) is 78.4. The molecule has 552 valence electrons. The van der Waals surface area contributed by atoms with E-state index in [2.05, 4.69) is 116 Å². The molecule has 95 heavy (non-hydrogen) atoms. The van der Waals surface area contributed by atoms with Gasteiger partial charge < -0.3 is 19.8 Å². The van der Waals surface area contributed by atoms with E-state index in [0.29, 0.717) is 17.4 Å². The Hall–Kier alpha value is -2.84. The number of quaternary nitrogens is 1. The standard InChI is InChI=1S/C86H157N2O6P/c1-6-8-10-12-14-16-18-20-22-24-26-28-30-32-34-36-38-40-41-42-43-44-45-46-47-48-50-52-54-56-58-60-62-64-66-68-70-72-74-76-78-80-86(90)87-84(83-94-95(91,92)93-82-81-88(3,4)5)85(89)79-77-75-73-71-69-67-65-63-61-59-57-55-53-51-49-39-37-35-33-31-29-27-25-23-21-19-17-15-13-11-9-7-2/h8,10,14,16,20,22,26,28,32,34,38,40,42-43,69,71,77,79,84-85,89H,6-7,9,11-13,15,17-19,21,23-25,27,29-31,33,35-37,39,41,44-68,70,72-76,78,80-83H2,1-5H3,(H-,87,90,91,92)/p+1/b10-8-,16-14-,22-20-,28-26-,34-32-,40-38-,43-42-,71-69+,79-77+. The zero-order valence-corrected chi connectivity index (χ0v) is 64.3. The number of carbonyl (C=O) groups is 1. The first-order valence-corrected chi connectivity index (χ1v) is 42.3. The van der Waals surface area contributed by atoms with Crippen LogP contribution >= 0.6 is 7.82 Å². The number of unbranched alkanes of at least 4 members (excludes halogenated alkanes) is 46. The number of hydrogen-bond acceptors (Lipinski definition) is 5. The van der Waals surface area contributed by atoms with Crippen LogP contribution in [0.25, 0.3) is 0 Å². The van der Waals surface area contributed by atoms with E-state index >= 15 is 0 Å². The van der Waals surface area contributed by atoms with Gasteiger partial charge in [-0.15, -0.1) is 0 Å². The summed E-state index contributed by atoms with van der Waals surface area (Å²) in [6.07, 6.45) is 111. The van der Waals surface area contributed by atoms with E-state index in [1.807, 2.05) is 27.2 Å². The molecule has 0 aliphatic heterocycles. The molecule has 0 radical (unpaired) electrons. The van der Waals surface area contributed by atoms with Gasteiger partial charge in [0, 0.05) is 6.42 Å². The number of aliphatic hydroxyl groups excluding tert-OH is 1. The predicted molar refractivity (Wildman–Crippen MR) is 419 cm³/mol. The fraction of sp³-hybridized carbons (Fsp3) is 0.779. The molecule has 0 saturated carbocycles. The number of rotatable bonds is 75. The Bertz CT molecular complexity index is 1930. The highest BCUT2D eigenvalue weighted by molar-refractivity contribution is 7.47. The first-order chi connectivity index (χ1) is 46.5. The summed E-state index contributed by atoms with van der Waals surface area (Å²) in [6, 6.07) is -0.870. The second-order valence-electron chi connectivity index (χ2n) is 28.8. The van der Waals surface area contributed by atoms with Gasteiger partial charge in [-0.05, 0) is 89.9 Å². The monoisotopic (exact) mass is 1350 g/mol. The minimum absolute atomic E-state index is 0.0545. The van der Waals surface area contributed by atoms with Crippen molar-refractivity contribution in [2.75, 3.05) is 40.9 Å². The van der Waals surface area contributed by atoms with Crippen molar-refractivity contribution in [3.05, 3.63) is 109 Å². The summed E-state index contributed by atoms with van der Waals surface area (Å²) in [5, 5.41) is 14.0. The molecule has 0 saturated heterocycles. The van der Waals surface area contributed by atoms with E-state index < -0.39 is 20.0 Å². The summed E-state index contributed by atoms with van der Waals surface area (Å²) in [6.45, 7) is 4.72. The maximum atomic E-state index is 13.1. The van der Waals surface area contributed by atoms with E-state index in [-0.39, 0.29) is 19.1 Å². The number of carbonyl (C=O) groups excluding carboxylic acids is 1. The van der Waals surface area contributed by atoms with Crippen molar-refractivity contribution in [3.63, 3.8) is 0 Å². The van der Waals surface area contributed by atoms with Crippen molar-refractivity contribution >= 4 is 13.7 Å². The molecule has 0 spiro atoms. The zero-order valence-electron chi connectivity index (χ0n) is 63.4. The van der Waals surface area contributed by atoms with Gasteiger partial charge in [0.15, 0.2) is 0 Å². The molecule has 3 N–H and O–H groups in total. The van der Waals surface area contributed by atoms with Gasteiger partial charge in [0.1, 0.15) is 13.2 Å². The summed E-state index contributed by atoms with van der Waals surface area (Å²) >= 11 is 0. The molecule has 1 amide bonds. The molecule has 0 rings (SSSR count). The minimum atomic E-state index is -4.37. The van der Waals surface area contributed by atoms with Crippen LogP contribution in [-0.4, -0.2) is 73.4 Å². The van der Waals surface area contributed by atoms with E-state index in [9.17, 15) is 19.4 Å². The molecule has 0 heterocycles. The van der Waals surface area contributed by atoms with Crippen molar-refractivity contribution in [3.8, 4) is 0 Å². The molecule has 0 aromatic rings. The van der Waals surface area contributed by atoms with Crippen LogP contribution < -0.4 is 5.32 Å². The van der Waals surface area contributed by atoms with Gasteiger partial charge in [-0.1, -0.05) is 393 Å². The van der Waals surface area contributed by atoms with E-state index in [1.165, 1.54) is 276 Å². The Kier molecular flexibility index (Phi) is 73.1. The molecule has 0 aromatic carbocycles. The quantitative estimate of drug-likeness (QED) is 0.0243. The number of nitrogens with zero attached hydrogens (tertiary/aromatic N) is 1. The fourth-order valence-corrected chi connectivity index (χ4v) is 12.7. The van der Waals surface area contributed by atoms with Crippen molar-refractivity contribution in [1.29, 1.82) is 0 Å². The Balaban J connectivity index is 4.00. The largest absolute Gasteiger partial charge is 0.472 e. The van der Waals surface area contributed by atoms with Crippen LogP contribution in [0.4, 0.5) is 0 Å². The molecule has 0 bridgehead atoms. The van der Waals surface area contributed by atoms with Crippen LogP contribution in [0.3, 0.4) is 0 Å². The van der Waals surface area contributed by atoms with Crippen LogP contribution in [0.1, 0.15) is 380 Å². The molecule has 0 aliphatic carbocycles. The van der Waals surface area contributed by atoms with Crippen LogP contribution in [0.2, 0.25) is 0 Å². The Morgan fingerprint density at radius 3 is 0.968 bits per heavy atom. The van der Waals surface area contributed by atoms with Crippen molar-refractivity contribution < 1.29 is 32.9 Å². The molecule has 3 unspecified atom stereocenters. The lowest BCUT2D eigenvalue weighted by molar-refractivity contribution is -0.870. The van der Waals surface area contributed by atoms with Gasteiger partial charge >= 0.3 is 7.82 Å². The van der Waals surface area contributed by atoms with Crippen molar-refractivity contribution in [2.45, 2.75) is 392 Å². The maximum Gasteiger partial charge on any atom is 0.472 e. The third-order valence-electron chi connectivity index (χ3n) is 18.2. The van der Waals surface area contributed by atoms with Gasteiger partial charge in [-0.3, -0.25) is 13.8 Å². The van der Waals surface area contributed by atoms with Gasteiger partial charge in [0.05, 0.1) is 39.9 Å². The van der Waals surface area contributed by atoms with Crippen LogP contribution in [-0.2, 0) is 18.4 Å². The number of aliphatic hydroxyl groups is 1. The van der Waals surface area contributed by atoms with Crippen molar-refractivity contribution in [1.82, 2.24) is 5.32 Å². The summed E-state index contributed by atoms with van der Waals surface area (Å²) in [5.74, 6) is -0.183. The number of hydrogen-bond donors (Lipinski definition) is 3. The highest BCUT2D eigenvalue weighted by Gasteiger charge is 2.28. The number of allylic oxidation sites excluding steroid dienone is 17. The Labute approximate surface area is 591 Å². The molecular formula is C86H158N2O6P+. The van der Waals surface area contributed by atoms with Gasteiger partial charge in [0.2, 0.25) is 5.91 Å². The number of nitrogens with one attached hydrogen (secondary N) is 1. The fourth-order valence-electron chi connectivity index (χ4n) is 12.0. The number of likely N-dealkylation sites (N-methyl/N-ethyl adjacent to an activating group) is 1. The van der Waals surface area contributed by atoms with Crippen LogP contribution in [0.5, 0.6) is 0 Å². The maximum absolute atomic E-state index is 13.1. The van der Waals surface area contributed by atoms with Gasteiger partial charge in [0.25, 0.3) is 0 Å². The Morgan fingerprint density at radius 1 is 0.368 bits per heavy atom. The van der Waals surface area contributed by atoms with E-state index in [4.69, 9.17) is 9.05 Å².